The lowest BCUT2D eigenvalue weighted by Gasteiger charge is -2.51. The van der Waals surface area contributed by atoms with Gasteiger partial charge in [0.15, 0.2) is 0 Å². The third-order valence-electron chi connectivity index (χ3n) is 5.30. The van der Waals surface area contributed by atoms with E-state index in [0.29, 0.717) is 12.5 Å². The second-order valence-corrected chi connectivity index (χ2v) is 7.25. The number of carbonyl (C=O) groups excluding carboxylic acids is 2. The summed E-state index contributed by atoms with van der Waals surface area (Å²) in [6.07, 6.45) is 5.95. The molecular formula is C17H30N2O2. The van der Waals surface area contributed by atoms with Gasteiger partial charge in [0.05, 0.1) is 0 Å². The maximum Gasteiger partial charge on any atom is 0.246 e. The maximum atomic E-state index is 12.9. The standard InChI is InChI=1S/C17H30N2O2/c1-5-13(4)11-19-15(20)14(12(2)3)18-16(21)17(19)9-7-6-8-10-17/h12-14H,5-11H2,1-4H3,(H,18,21). The SMILES string of the molecule is CCC(C)CN1C(=O)C(C(C)C)NC(=O)C12CCCCC2. The summed E-state index contributed by atoms with van der Waals surface area (Å²) in [5.74, 6) is 0.795. The van der Waals surface area contributed by atoms with Crippen molar-refractivity contribution in [3.63, 3.8) is 0 Å². The Bertz CT molecular complexity index is 400. The Hall–Kier alpha value is -1.06. The van der Waals surface area contributed by atoms with Gasteiger partial charge >= 0.3 is 0 Å². The van der Waals surface area contributed by atoms with E-state index < -0.39 is 5.54 Å². The minimum Gasteiger partial charge on any atom is -0.342 e. The summed E-state index contributed by atoms with van der Waals surface area (Å²) >= 11 is 0. The zero-order valence-electron chi connectivity index (χ0n) is 13.9. The van der Waals surface area contributed by atoms with Crippen molar-refractivity contribution in [2.75, 3.05) is 6.54 Å². The summed E-state index contributed by atoms with van der Waals surface area (Å²) in [6, 6.07) is -0.353. The fourth-order valence-corrected chi connectivity index (χ4v) is 3.63. The summed E-state index contributed by atoms with van der Waals surface area (Å²) in [6.45, 7) is 9.03. The number of nitrogens with one attached hydrogen (secondary N) is 1. The number of rotatable bonds is 4. The van der Waals surface area contributed by atoms with E-state index in [9.17, 15) is 9.59 Å². The highest BCUT2D eigenvalue weighted by molar-refractivity contribution is 6.00. The van der Waals surface area contributed by atoms with E-state index in [1.165, 1.54) is 6.42 Å². The minimum atomic E-state index is -0.565. The summed E-state index contributed by atoms with van der Waals surface area (Å²) in [4.78, 5) is 27.7. The van der Waals surface area contributed by atoms with Gasteiger partial charge in [-0.1, -0.05) is 53.4 Å². The molecule has 0 radical (unpaired) electrons. The Balaban J connectivity index is 2.32. The Morgan fingerprint density at radius 1 is 1.19 bits per heavy atom. The molecule has 2 unspecified atom stereocenters. The van der Waals surface area contributed by atoms with Crippen molar-refractivity contribution in [2.24, 2.45) is 11.8 Å². The zero-order valence-corrected chi connectivity index (χ0v) is 13.9. The first-order valence-corrected chi connectivity index (χ1v) is 8.55. The average molecular weight is 294 g/mol. The van der Waals surface area contributed by atoms with Crippen molar-refractivity contribution in [1.82, 2.24) is 10.2 Å². The lowest BCUT2D eigenvalue weighted by molar-refractivity contribution is -0.162. The van der Waals surface area contributed by atoms with Gasteiger partial charge in [0.2, 0.25) is 11.8 Å². The van der Waals surface area contributed by atoms with Crippen LogP contribution in [0, 0.1) is 11.8 Å². The first-order valence-electron chi connectivity index (χ1n) is 8.55. The molecule has 0 aromatic rings. The third-order valence-corrected chi connectivity index (χ3v) is 5.30. The van der Waals surface area contributed by atoms with Gasteiger partial charge in [0.25, 0.3) is 0 Å². The van der Waals surface area contributed by atoms with Gasteiger partial charge in [-0.15, -0.1) is 0 Å². The van der Waals surface area contributed by atoms with Crippen LogP contribution in [-0.4, -0.2) is 34.8 Å². The van der Waals surface area contributed by atoms with Crippen LogP contribution in [0.15, 0.2) is 0 Å². The van der Waals surface area contributed by atoms with Crippen LogP contribution in [0.3, 0.4) is 0 Å². The van der Waals surface area contributed by atoms with Crippen molar-refractivity contribution in [2.45, 2.75) is 77.8 Å². The zero-order chi connectivity index (χ0) is 15.6. The molecule has 2 rings (SSSR count). The molecule has 1 aliphatic carbocycles. The van der Waals surface area contributed by atoms with Gasteiger partial charge in [0.1, 0.15) is 11.6 Å². The van der Waals surface area contributed by atoms with Crippen LogP contribution in [0.4, 0.5) is 0 Å². The molecule has 4 nitrogen and oxygen atoms in total. The van der Waals surface area contributed by atoms with Crippen LogP contribution < -0.4 is 5.32 Å². The van der Waals surface area contributed by atoms with E-state index in [1.54, 1.807) is 0 Å². The molecule has 1 aliphatic heterocycles. The number of piperazine rings is 1. The van der Waals surface area contributed by atoms with E-state index in [-0.39, 0.29) is 23.8 Å². The Morgan fingerprint density at radius 3 is 2.33 bits per heavy atom. The molecule has 4 heteroatoms. The number of hydrogen-bond acceptors (Lipinski definition) is 2. The van der Waals surface area contributed by atoms with Crippen molar-refractivity contribution < 1.29 is 9.59 Å². The highest BCUT2D eigenvalue weighted by Crippen LogP contribution is 2.38. The molecule has 2 aliphatic rings. The minimum absolute atomic E-state index is 0.0869. The topological polar surface area (TPSA) is 49.4 Å². The second kappa shape index (κ2) is 6.37. The summed E-state index contributed by atoms with van der Waals surface area (Å²) in [7, 11) is 0. The molecule has 1 saturated heterocycles. The predicted molar refractivity (Wildman–Crippen MR) is 83.8 cm³/mol. The Morgan fingerprint density at radius 2 is 1.81 bits per heavy atom. The molecule has 0 aromatic heterocycles. The van der Waals surface area contributed by atoms with Gasteiger partial charge in [-0.05, 0) is 24.7 Å². The lowest BCUT2D eigenvalue weighted by Crippen LogP contribution is -2.72. The maximum absolute atomic E-state index is 12.9. The number of hydrogen-bond donors (Lipinski definition) is 1. The van der Waals surface area contributed by atoms with E-state index in [2.05, 4.69) is 19.2 Å². The number of amides is 2. The molecule has 0 aromatic carbocycles. The van der Waals surface area contributed by atoms with Crippen molar-refractivity contribution in [3.05, 3.63) is 0 Å². The van der Waals surface area contributed by atoms with Crippen molar-refractivity contribution in [3.8, 4) is 0 Å². The van der Waals surface area contributed by atoms with Crippen LogP contribution in [0.25, 0.3) is 0 Å². The molecule has 2 amide bonds. The quantitative estimate of drug-likeness (QED) is 0.866. The average Bonchev–Trinajstić information content (AvgIpc) is 2.48. The molecule has 2 atom stereocenters. The summed E-state index contributed by atoms with van der Waals surface area (Å²) < 4.78 is 0. The Labute approximate surface area is 128 Å². The third kappa shape index (κ3) is 2.95. The van der Waals surface area contributed by atoms with E-state index in [0.717, 1.165) is 32.1 Å². The van der Waals surface area contributed by atoms with Gasteiger partial charge in [-0.25, -0.2) is 0 Å². The second-order valence-electron chi connectivity index (χ2n) is 7.25. The van der Waals surface area contributed by atoms with Gasteiger partial charge in [-0.3, -0.25) is 9.59 Å². The highest BCUT2D eigenvalue weighted by atomic mass is 16.2. The van der Waals surface area contributed by atoms with Crippen LogP contribution in [0.1, 0.15) is 66.2 Å². The van der Waals surface area contributed by atoms with Crippen LogP contribution in [0.2, 0.25) is 0 Å². The van der Waals surface area contributed by atoms with Crippen LogP contribution in [0.5, 0.6) is 0 Å². The molecule has 1 spiro atoms. The molecule has 2 fully saturated rings. The van der Waals surface area contributed by atoms with E-state index in [1.807, 2.05) is 18.7 Å². The van der Waals surface area contributed by atoms with E-state index >= 15 is 0 Å². The molecular weight excluding hydrogens is 264 g/mol. The summed E-state index contributed by atoms with van der Waals surface area (Å²) in [5, 5.41) is 3.02. The Kier molecular flexibility index (Phi) is 4.95. The first kappa shape index (κ1) is 16.3. The number of nitrogens with zero attached hydrogens (tertiary/aromatic N) is 1. The van der Waals surface area contributed by atoms with Crippen LogP contribution in [-0.2, 0) is 9.59 Å². The van der Waals surface area contributed by atoms with E-state index in [4.69, 9.17) is 0 Å². The molecule has 21 heavy (non-hydrogen) atoms. The fraction of sp³-hybridized carbons (Fsp3) is 0.882. The molecule has 1 saturated carbocycles. The lowest BCUT2D eigenvalue weighted by atomic mass is 9.76. The van der Waals surface area contributed by atoms with Gasteiger partial charge in [-0.2, -0.15) is 0 Å². The molecule has 120 valence electrons. The fourth-order valence-electron chi connectivity index (χ4n) is 3.63. The number of carbonyl (C=O) groups is 2. The van der Waals surface area contributed by atoms with Crippen molar-refractivity contribution in [1.29, 1.82) is 0 Å². The molecule has 1 heterocycles. The normalized spacial score (nSPS) is 27.1. The van der Waals surface area contributed by atoms with Gasteiger partial charge < -0.3 is 10.2 Å². The summed E-state index contributed by atoms with van der Waals surface area (Å²) in [5.41, 5.74) is -0.565. The van der Waals surface area contributed by atoms with Crippen LogP contribution >= 0.6 is 0 Å². The van der Waals surface area contributed by atoms with Crippen molar-refractivity contribution >= 4 is 11.8 Å². The molecule has 1 N–H and O–H groups in total. The highest BCUT2D eigenvalue weighted by Gasteiger charge is 2.53. The predicted octanol–water partition coefficient (Wildman–Crippen LogP) is 2.72. The largest absolute Gasteiger partial charge is 0.342 e. The smallest absolute Gasteiger partial charge is 0.246 e. The first-order chi connectivity index (χ1) is 9.92. The monoisotopic (exact) mass is 294 g/mol. The molecule has 0 bridgehead atoms. The van der Waals surface area contributed by atoms with Gasteiger partial charge in [0, 0.05) is 6.54 Å².